The summed E-state index contributed by atoms with van der Waals surface area (Å²) in [5, 5.41) is 4.48. The number of likely N-dealkylation sites (N-methyl/N-ethyl adjacent to an activating group) is 1. The second-order valence-electron chi connectivity index (χ2n) is 6.15. The smallest absolute Gasteiger partial charge is 0.246 e. The Balaban J connectivity index is 1.43. The molecule has 1 amide bonds. The van der Waals surface area contributed by atoms with Crippen molar-refractivity contribution in [1.82, 2.24) is 4.98 Å². The van der Waals surface area contributed by atoms with E-state index in [-0.39, 0.29) is 12.5 Å². The van der Waals surface area contributed by atoms with E-state index >= 15 is 0 Å². The number of anilines is 2. The number of carbonyl (C=O) groups is 1. The Bertz CT molecular complexity index is 871. The Labute approximate surface area is 145 Å². The van der Waals surface area contributed by atoms with Gasteiger partial charge in [0.1, 0.15) is 0 Å². The van der Waals surface area contributed by atoms with E-state index < -0.39 is 0 Å². The van der Waals surface area contributed by atoms with Crippen LogP contribution in [0.1, 0.15) is 23.8 Å². The first-order valence-electron chi connectivity index (χ1n) is 8.17. The van der Waals surface area contributed by atoms with Crippen LogP contribution in [0.25, 0.3) is 10.2 Å². The summed E-state index contributed by atoms with van der Waals surface area (Å²) >= 11 is 1.77. The molecule has 1 fully saturated rings. The summed E-state index contributed by atoms with van der Waals surface area (Å²) in [7, 11) is 1.80. The molecule has 0 unspecified atom stereocenters. The van der Waals surface area contributed by atoms with Crippen molar-refractivity contribution in [2.45, 2.75) is 18.8 Å². The highest BCUT2D eigenvalue weighted by Crippen LogP contribution is 2.43. The summed E-state index contributed by atoms with van der Waals surface area (Å²) in [6.45, 7) is 0.269. The van der Waals surface area contributed by atoms with Crippen molar-refractivity contribution in [2.75, 3.05) is 23.8 Å². The number of benzene rings is 2. The third-order valence-corrected chi connectivity index (χ3v) is 5.47. The van der Waals surface area contributed by atoms with Crippen LogP contribution in [0.15, 0.2) is 48.5 Å². The molecule has 122 valence electrons. The predicted octanol–water partition coefficient (Wildman–Crippen LogP) is 4.25. The van der Waals surface area contributed by atoms with Gasteiger partial charge in [-0.1, -0.05) is 18.2 Å². The van der Waals surface area contributed by atoms with Gasteiger partial charge in [-0.3, -0.25) is 4.79 Å². The summed E-state index contributed by atoms with van der Waals surface area (Å²) < 4.78 is 1.19. The zero-order valence-corrected chi connectivity index (χ0v) is 14.3. The lowest BCUT2D eigenvalue weighted by atomic mass is 10.3. The Morgan fingerprint density at radius 2 is 2.04 bits per heavy atom. The Kier molecular flexibility index (Phi) is 3.94. The highest BCUT2D eigenvalue weighted by atomic mass is 32.1. The van der Waals surface area contributed by atoms with Crippen LogP contribution >= 0.6 is 11.3 Å². The van der Waals surface area contributed by atoms with Crippen LogP contribution in [-0.4, -0.2) is 24.5 Å². The molecule has 4 rings (SSSR count). The van der Waals surface area contributed by atoms with Gasteiger partial charge in [-0.05, 0) is 43.2 Å². The van der Waals surface area contributed by atoms with Crippen molar-refractivity contribution < 1.29 is 4.79 Å². The van der Waals surface area contributed by atoms with Crippen molar-refractivity contribution in [3.8, 4) is 0 Å². The molecule has 0 saturated heterocycles. The quantitative estimate of drug-likeness (QED) is 0.757. The number of amides is 1. The van der Waals surface area contributed by atoms with Gasteiger partial charge in [-0.25, -0.2) is 4.98 Å². The van der Waals surface area contributed by atoms with Crippen molar-refractivity contribution in [1.29, 1.82) is 0 Å². The van der Waals surface area contributed by atoms with E-state index in [9.17, 15) is 4.79 Å². The monoisotopic (exact) mass is 337 g/mol. The van der Waals surface area contributed by atoms with E-state index in [0.29, 0.717) is 5.92 Å². The zero-order valence-electron chi connectivity index (χ0n) is 13.5. The molecule has 1 aromatic heterocycles. The topological polar surface area (TPSA) is 45.2 Å². The van der Waals surface area contributed by atoms with Crippen LogP contribution in [0.2, 0.25) is 0 Å². The molecule has 0 radical (unpaired) electrons. The van der Waals surface area contributed by atoms with Gasteiger partial charge in [0, 0.05) is 24.3 Å². The molecule has 24 heavy (non-hydrogen) atoms. The number of nitrogens with one attached hydrogen (secondary N) is 1. The summed E-state index contributed by atoms with van der Waals surface area (Å²) in [5.41, 5.74) is 2.92. The fourth-order valence-corrected chi connectivity index (χ4v) is 3.82. The number of hydrogen-bond donors (Lipinski definition) is 1. The minimum absolute atomic E-state index is 0.0317. The molecular weight excluding hydrogens is 318 g/mol. The van der Waals surface area contributed by atoms with Gasteiger partial charge >= 0.3 is 0 Å². The number of rotatable bonds is 5. The van der Waals surface area contributed by atoms with Crippen molar-refractivity contribution in [3.63, 3.8) is 0 Å². The molecule has 0 aliphatic heterocycles. The lowest BCUT2D eigenvalue weighted by molar-refractivity contribution is -0.116. The van der Waals surface area contributed by atoms with Crippen LogP contribution in [0.5, 0.6) is 0 Å². The van der Waals surface area contributed by atoms with E-state index in [0.717, 1.165) is 16.9 Å². The summed E-state index contributed by atoms with van der Waals surface area (Å²) in [6, 6.07) is 15.8. The average Bonchev–Trinajstić information content (AvgIpc) is 3.39. The van der Waals surface area contributed by atoms with Gasteiger partial charge in [-0.2, -0.15) is 0 Å². The minimum Gasteiger partial charge on any atom is -0.376 e. The largest absolute Gasteiger partial charge is 0.376 e. The zero-order chi connectivity index (χ0) is 16.5. The summed E-state index contributed by atoms with van der Waals surface area (Å²) in [6.07, 6.45) is 2.54. The highest BCUT2D eigenvalue weighted by Gasteiger charge is 2.26. The molecule has 1 aliphatic rings. The molecule has 2 aromatic carbocycles. The summed E-state index contributed by atoms with van der Waals surface area (Å²) in [5.74, 6) is 0.712. The lowest BCUT2D eigenvalue weighted by Crippen LogP contribution is -2.32. The lowest BCUT2D eigenvalue weighted by Gasteiger charge is -2.17. The van der Waals surface area contributed by atoms with Gasteiger partial charge < -0.3 is 10.2 Å². The first-order chi connectivity index (χ1) is 11.7. The maximum absolute atomic E-state index is 12.3. The molecule has 1 heterocycles. The third-order valence-electron chi connectivity index (χ3n) is 4.29. The first kappa shape index (κ1) is 15.1. The fourth-order valence-electron chi connectivity index (χ4n) is 2.65. The molecule has 0 atom stereocenters. The van der Waals surface area contributed by atoms with Crippen LogP contribution in [-0.2, 0) is 4.79 Å². The minimum atomic E-state index is 0.0317. The van der Waals surface area contributed by atoms with Gasteiger partial charge in [0.05, 0.1) is 21.8 Å². The van der Waals surface area contributed by atoms with Crippen LogP contribution in [0.3, 0.4) is 0 Å². The normalized spacial score (nSPS) is 13.9. The Morgan fingerprint density at radius 3 is 2.79 bits per heavy atom. The molecule has 1 aliphatic carbocycles. The number of aromatic nitrogens is 1. The summed E-state index contributed by atoms with van der Waals surface area (Å²) in [4.78, 5) is 18.7. The molecule has 0 bridgehead atoms. The van der Waals surface area contributed by atoms with E-state index in [1.807, 2.05) is 42.5 Å². The van der Waals surface area contributed by atoms with Gasteiger partial charge in [0.25, 0.3) is 0 Å². The van der Waals surface area contributed by atoms with Crippen LogP contribution in [0, 0.1) is 0 Å². The third kappa shape index (κ3) is 3.12. The number of nitrogens with zero attached hydrogens (tertiary/aromatic N) is 2. The number of fused-ring (bicyclic) bond motifs is 1. The SMILES string of the molecule is CN(C(=O)CNc1ccc2nc(C3CC3)sc2c1)c1ccccc1. The number of para-hydroxylation sites is 1. The molecule has 1 saturated carbocycles. The number of hydrogen-bond acceptors (Lipinski definition) is 4. The molecule has 1 N–H and O–H groups in total. The van der Waals surface area contributed by atoms with E-state index in [2.05, 4.69) is 11.4 Å². The first-order valence-corrected chi connectivity index (χ1v) is 8.98. The van der Waals surface area contributed by atoms with E-state index in [1.165, 1.54) is 22.5 Å². The maximum atomic E-state index is 12.3. The average molecular weight is 337 g/mol. The molecule has 0 spiro atoms. The molecular formula is C19H19N3OS. The standard InChI is InChI=1S/C19H19N3OS/c1-22(15-5-3-2-4-6-15)18(23)12-20-14-9-10-16-17(11-14)24-19(21-16)13-7-8-13/h2-6,9-11,13,20H,7-8,12H2,1H3. The second-order valence-corrected chi connectivity index (χ2v) is 7.21. The predicted molar refractivity (Wildman–Crippen MR) is 99.9 cm³/mol. The maximum Gasteiger partial charge on any atom is 0.246 e. The highest BCUT2D eigenvalue weighted by molar-refractivity contribution is 7.18. The van der Waals surface area contributed by atoms with Crippen molar-refractivity contribution >= 4 is 38.8 Å². The van der Waals surface area contributed by atoms with Gasteiger partial charge in [-0.15, -0.1) is 11.3 Å². The van der Waals surface area contributed by atoms with Crippen molar-refractivity contribution in [3.05, 3.63) is 53.5 Å². The van der Waals surface area contributed by atoms with Crippen LogP contribution in [0.4, 0.5) is 11.4 Å². The Hall–Kier alpha value is -2.40. The second kappa shape index (κ2) is 6.24. The van der Waals surface area contributed by atoms with Crippen LogP contribution < -0.4 is 10.2 Å². The van der Waals surface area contributed by atoms with Gasteiger partial charge in [0.2, 0.25) is 5.91 Å². The van der Waals surface area contributed by atoms with E-state index in [4.69, 9.17) is 4.98 Å². The molecule has 4 nitrogen and oxygen atoms in total. The number of thiazole rings is 1. The molecule has 5 heteroatoms. The fraction of sp³-hybridized carbons (Fsp3) is 0.263. The Morgan fingerprint density at radius 1 is 1.25 bits per heavy atom. The molecule has 3 aromatic rings. The van der Waals surface area contributed by atoms with Gasteiger partial charge in [0.15, 0.2) is 0 Å². The van der Waals surface area contributed by atoms with E-state index in [1.54, 1.807) is 23.3 Å². The number of carbonyl (C=O) groups excluding carboxylic acids is 1. The van der Waals surface area contributed by atoms with Crippen molar-refractivity contribution in [2.24, 2.45) is 0 Å².